The van der Waals surface area contributed by atoms with Crippen molar-refractivity contribution in [2.75, 3.05) is 44.2 Å². The summed E-state index contributed by atoms with van der Waals surface area (Å²) in [7, 11) is -3.59. The van der Waals surface area contributed by atoms with Gasteiger partial charge in [-0.3, -0.25) is 9.59 Å². The maximum atomic E-state index is 12.8. The Kier molecular flexibility index (Phi) is 7.05. The summed E-state index contributed by atoms with van der Waals surface area (Å²) >= 11 is 1.74. The van der Waals surface area contributed by atoms with E-state index in [1.807, 2.05) is 6.92 Å². The maximum Gasteiger partial charge on any atom is 0.270 e. The van der Waals surface area contributed by atoms with Crippen LogP contribution in [0.3, 0.4) is 0 Å². The highest BCUT2D eigenvalue weighted by molar-refractivity contribution is 7.99. The Morgan fingerprint density at radius 1 is 1.29 bits per heavy atom. The number of aromatic amines is 1. The van der Waals surface area contributed by atoms with Crippen LogP contribution in [0.1, 0.15) is 36.7 Å². The van der Waals surface area contributed by atoms with Gasteiger partial charge < -0.3 is 15.2 Å². The average Bonchev–Trinajstić information content (AvgIpc) is 3.23. The maximum absolute atomic E-state index is 12.8. The third-order valence-corrected chi connectivity index (χ3v) is 7.94. The molecule has 0 spiro atoms. The molecule has 3 heterocycles. The Hall–Kier alpha value is -1.52. The van der Waals surface area contributed by atoms with Crippen molar-refractivity contribution >= 4 is 33.6 Å². The quantitative estimate of drug-likeness (QED) is 0.707. The summed E-state index contributed by atoms with van der Waals surface area (Å²) in [6, 6.07) is 1.42. The van der Waals surface area contributed by atoms with Gasteiger partial charge in [0.25, 0.3) is 5.91 Å². The summed E-state index contributed by atoms with van der Waals surface area (Å²) < 4.78 is 27.0. The molecule has 0 aliphatic carbocycles. The van der Waals surface area contributed by atoms with Gasteiger partial charge in [-0.1, -0.05) is 6.92 Å². The molecule has 2 fully saturated rings. The molecule has 2 N–H and O–H groups in total. The number of aromatic nitrogens is 1. The zero-order chi connectivity index (χ0) is 20.1. The lowest BCUT2D eigenvalue weighted by Crippen LogP contribution is -2.45. The molecule has 0 bridgehead atoms. The van der Waals surface area contributed by atoms with Crippen LogP contribution in [0.25, 0.3) is 0 Å². The molecule has 28 heavy (non-hydrogen) atoms. The van der Waals surface area contributed by atoms with Gasteiger partial charge in [0.05, 0.1) is 5.92 Å². The molecule has 156 valence electrons. The molecule has 0 aromatic carbocycles. The van der Waals surface area contributed by atoms with E-state index >= 15 is 0 Å². The van der Waals surface area contributed by atoms with Gasteiger partial charge in [-0.15, -0.1) is 0 Å². The lowest BCUT2D eigenvalue weighted by atomic mass is 9.97. The third-order valence-electron chi connectivity index (χ3n) is 5.12. The number of nitrogens with zero attached hydrogens (tertiary/aromatic N) is 2. The van der Waals surface area contributed by atoms with Crippen LogP contribution in [0.2, 0.25) is 0 Å². The van der Waals surface area contributed by atoms with Crippen molar-refractivity contribution < 1.29 is 18.0 Å². The summed E-state index contributed by atoms with van der Waals surface area (Å²) in [5.41, 5.74) is 0.250. The molecule has 8 nitrogen and oxygen atoms in total. The van der Waals surface area contributed by atoms with E-state index in [1.54, 1.807) is 16.7 Å². The number of likely N-dealkylation sites (tertiary alicyclic amines) is 1. The fourth-order valence-electron chi connectivity index (χ4n) is 3.52. The number of H-pyrrole nitrogens is 1. The molecule has 0 saturated carbocycles. The molecule has 2 amide bonds. The first kappa shape index (κ1) is 21.2. The van der Waals surface area contributed by atoms with Gasteiger partial charge in [-0.25, -0.2) is 8.42 Å². The molecule has 2 aliphatic heterocycles. The fraction of sp³-hybridized carbons (Fsp3) is 0.667. The normalized spacial score (nSPS) is 21.5. The van der Waals surface area contributed by atoms with Crippen LogP contribution in [0.5, 0.6) is 0 Å². The third kappa shape index (κ3) is 4.72. The summed E-state index contributed by atoms with van der Waals surface area (Å²) in [6.07, 6.45) is 3.78. The highest BCUT2D eigenvalue weighted by Crippen LogP contribution is 2.23. The lowest BCUT2D eigenvalue weighted by Gasteiger charge is -2.31. The van der Waals surface area contributed by atoms with Crippen LogP contribution in [0.15, 0.2) is 17.2 Å². The number of rotatable bonds is 6. The number of carbonyl (C=O) groups is 2. The van der Waals surface area contributed by atoms with Crippen molar-refractivity contribution in [3.05, 3.63) is 18.0 Å². The summed E-state index contributed by atoms with van der Waals surface area (Å²) in [6.45, 7) is 4.54. The summed E-state index contributed by atoms with van der Waals surface area (Å²) in [5.74, 6) is 1.07. The van der Waals surface area contributed by atoms with Crippen molar-refractivity contribution in [2.24, 2.45) is 5.92 Å². The van der Waals surface area contributed by atoms with E-state index in [2.05, 4.69) is 10.3 Å². The first-order valence-corrected chi connectivity index (χ1v) is 12.4. The van der Waals surface area contributed by atoms with Gasteiger partial charge in [0.15, 0.2) is 0 Å². The monoisotopic (exact) mass is 428 g/mol. The van der Waals surface area contributed by atoms with Crippen molar-refractivity contribution in [3.8, 4) is 0 Å². The zero-order valence-electron chi connectivity index (χ0n) is 16.1. The van der Waals surface area contributed by atoms with E-state index in [0.29, 0.717) is 32.7 Å². The second-order valence-electron chi connectivity index (χ2n) is 7.15. The molecular weight excluding hydrogens is 400 g/mol. The SMILES string of the molecule is CCCNC(=O)C1CCCN(C(=O)c2cc(S(=O)(=O)N3CCSCC3)c[nH]2)C1. The zero-order valence-corrected chi connectivity index (χ0v) is 17.8. The predicted molar refractivity (Wildman–Crippen MR) is 109 cm³/mol. The first-order chi connectivity index (χ1) is 13.4. The number of piperidine rings is 1. The summed E-state index contributed by atoms with van der Waals surface area (Å²) in [4.78, 5) is 29.7. The van der Waals surface area contributed by atoms with Crippen LogP contribution in [-0.4, -0.2) is 78.7 Å². The summed E-state index contributed by atoms with van der Waals surface area (Å²) in [5, 5.41) is 2.89. The van der Waals surface area contributed by atoms with Crippen LogP contribution in [-0.2, 0) is 14.8 Å². The van der Waals surface area contributed by atoms with Crippen molar-refractivity contribution in [1.29, 1.82) is 0 Å². The Balaban J connectivity index is 1.67. The number of sulfonamides is 1. The first-order valence-electron chi connectivity index (χ1n) is 9.76. The number of amides is 2. The van der Waals surface area contributed by atoms with E-state index in [4.69, 9.17) is 0 Å². The van der Waals surface area contributed by atoms with Crippen LogP contribution < -0.4 is 5.32 Å². The highest BCUT2D eigenvalue weighted by atomic mass is 32.2. The predicted octanol–water partition coefficient (Wildman–Crippen LogP) is 1.13. The van der Waals surface area contributed by atoms with Gasteiger partial charge in [-0.05, 0) is 25.3 Å². The average molecular weight is 429 g/mol. The number of hydrogen-bond acceptors (Lipinski definition) is 5. The fourth-order valence-corrected chi connectivity index (χ4v) is 6.09. The topological polar surface area (TPSA) is 103 Å². The van der Waals surface area contributed by atoms with E-state index in [-0.39, 0.29) is 28.3 Å². The molecule has 0 radical (unpaired) electrons. The molecule has 1 aromatic heterocycles. The molecule has 3 rings (SSSR count). The largest absolute Gasteiger partial charge is 0.356 e. The van der Waals surface area contributed by atoms with Crippen molar-refractivity contribution in [2.45, 2.75) is 31.1 Å². The van der Waals surface area contributed by atoms with Crippen molar-refractivity contribution in [3.63, 3.8) is 0 Å². The van der Waals surface area contributed by atoms with E-state index < -0.39 is 10.0 Å². The Bertz CT molecular complexity index is 802. The number of nitrogens with one attached hydrogen (secondary N) is 2. The van der Waals surface area contributed by atoms with Crippen LogP contribution >= 0.6 is 11.8 Å². The number of thioether (sulfide) groups is 1. The van der Waals surface area contributed by atoms with Gasteiger partial charge in [0.2, 0.25) is 15.9 Å². The molecule has 1 unspecified atom stereocenters. The standard InChI is InChI=1S/C18H28N4O4S2/c1-2-5-19-17(23)14-4-3-6-21(13-14)18(24)16-11-15(12-20-16)28(25,26)22-7-9-27-10-8-22/h11-12,14,20H,2-10,13H2,1H3,(H,19,23). The molecule has 1 atom stereocenters. The highest BCUT2D eigenvalue weighted by Gasteiger charge is 2.31. The Labute approximate surface area is 170 Å². The molecule has 2 saturated heterocycles. The minimum atomic E-state index is -3.59. The van der Waals surface area contributed by atoms with Gasteiger partial charge in [0, 0.05) is 50.4 Å². The Morgan fingerprint density at radius 3 is 2.75 bits per heavy atom. The molecular formula is C18H28N4O4S2. The van der Waals surface area contributed by atoms with Gasteiger partial charge in [0.1, 0.15) is 10.6 Å². The number of hydrogen-bond donors (Lipinski definition) is 2. The lowest BCUT2D eigenvalue weighted by molar-refractivity contribution is -0.126. The van der Waals surface area contributed by atoms with E-state index in [9.17, 15) is 18.0 Å². The second kappa shape index (κ2) is 9.32. The molecule has 10 heteroatoms. The Morgan fingerprint density at radius 2 is 2.04 bits per heavy atom. The molecule has 1 aromatic rings. The minimum Gasteiger partial charge on any atom is -0.356 e. The minimum absolute atomic E-state index is 0.0166. The van der Waals surface area contributed by atoms with Crippen molar-refractivity contribution in [1.82, 2.24) is 19.5 Å². The van der Waals surface area contributed by atoms with Gasteiger partial charge in [-0.2, -0.15) is 16.1 Å². The second-order valence-corrected chi connectivity index (χ2v) is 10.3. The molecule has 2 aliphatic rings. The van der Waals surface area contributed by atoms with E-state index in [1.165, 1.54) is 16.6 Å². The van der Waals surface area contributed by atoms with E-state index in [0.717, 1.165) is 30.8 Å². The van der Waals surface area contributed by atoms with Crippen LogP contribution in [0, 0.1) is 5.92 Å². The van der Waals surface area contributed by atoms with Crippen LogP contribution in [0.4, 0.5) is 0 Å². The number of carbonyl (C=O) groups excluding carboxylic acids is 2. The smallest absolute Gasteiger partial charge is 0.270 e. The van der Waals surface area contributed by atoms with Gasteiger partial charge >= 0.3 is 0 Å².